The number of halogens is 1. The zero-order valence-corrected chi connectivity index (χ0v) is 25.5. The molecule has 0 saturated carbocycles. The van der Waals surface area contributed by atoms with Gasteiger partial charge in [0, 0.05) is 26.6 Å². The lowest BCUT2D eigenvalue weighted by atomic mass is 9.65. The minimum atomic E-state index is 0.161. The summed E-state index contributed by atoms with van der Waals surface area (Å²) in [7, 11) is 15.9. The summed E-state index contributed by atoms with van der Waals surface area (Å²) < 4.78 is 3.74. The molecule has 0 aliphatic rings. The van der Waals surface area contributed by atoms with Gasteiger partial charge in [-0.2, -0.15) is 0 Å². The normalized spacial score (nSPS) is 12.0. The zero-order valence-electron chi connectivity index (χ0n) is 23.9. The van der Waals surface area contributed by atoms with Gasteiger partial charge in [0.25, 0.3) is 0 Å². The monoisotopic (exact) mass is 537 g/mol. The number of hydrogen-bond acceptors (Lipinski definition) is 0. The Morgan fingerprint density at radius 2 is 0.973 bits per heavy atom. The molecule has 0 fully saturated rings. The van der Waals surface area contributed by atoms with Gasteiger partial charge in [0.05, 0.1) is 0 Å². The Labute approximate surface area is 236 Å². The maximum absolute atomic E-state index is 3.92. The van der Waals surface area contributed by atoms with Crippen LogP contribution in [0.25, 0.3) is 38.6 Å². The van der Waals surface area contributed by atoms with Gasteiger partial charge < -0.3 is 4.57 Å². The lowest BCUT2D eigenvalue weighted by Crippen LogP contribution is -2.48. The smallest absolute Gasteiger partial charge is 0.141 e. The van der Waals surface area contributed by atoms with Gasteiger partial charge in [0.2, 0.25) is 0 Å². The molecular weight excluding hydrogens is 506 g/mol. The van der Waals surface area contributed by atoms with Crippen LogP contribution in [0, 0.1) is 0 Å². The highest BCUT2D eigenvalue weighted by atomic mass is 79.9. The van der Waals surface area contributed by atoms with Crippen LogP contribution in [0.4, 0.5) is 0 Å². The Hall–Kier alpha value is -2.39. The van der Waals surface area contributed by atoms with Gasteiger partial charge in [0.1, 0.15) is 54.9 Å². The van der Waals surface area contributed by atoms with Crippen molar-refractivity contribution in [2.24, 2.45) is 0 Å². The molecule has 5 rings (SSSR count). The molecule has 9 heteroatoms. The third-order valence-corrected chi connectivity index (χ3v) is 9.94. The van der Waals surface area contributed by atoms with E-state index < -0.39 is 0 Å². The molecule has 0 unspecified atom stereocenters. The van der Waals surface area contributed by atoms with Crippen LogP contribution < -0.4 is 38.2 Å². The minimum absolute atomic E-state index is 0.161. The van der Waals surface area contributed by atoms with E-state index >= 15 is 0 Å². The average molecular weight is 537 g/mol. The number of hydrogen-bond donors (Lipinski definition) is 0. The van der Waals surface area contributed by atoms with E-state index in [-0.39, 0.29) is 5.41 Å². The van der Waals surface area contributed by atoms with Crippen molar-refractivity contribution in [3.05, 3.63) is 58.6 Å². The van der Waals surface area contributed by atoms with E-state index in [1.54, 1.807) is 0 Å². The molecule has 1 heterocycles. The molecule has 0 aliphatic carbocycles. The summed E-state index contributed by atoms with van der Waals surface area (Å²) in [5.74, 6) is 0. The topological polar surface area (TPSA) is 4.93 Å². The third kappa shape index (κ3) is 4.00. The minimum Gasteiger partial charge on any atom is -0.310 e. The molecule has 0 radical (unpaired) electrons. The summed E-state index contributed by atoms with van der Waals surface area (Å²) >= 11 is 3.92. The van der Waals surface area contributed by atoms with Crippen molar-refractivity contribution in [1.29, 1.82) is 0 Å². The number of rotatable bonds is 2. The molecule has 37 heavy (non-hydrogen) atoms. The van der Waals surface area contributed by atoms with Gasteiger partial charge >= 0.3 is 0 Å². The standard InChI is InChI=1S/C28H31B7BrN/c1-28(2,3)14-8-4-12(5-9-14)13-6-10-15(11-7-13)37-26-16(18(29)20(31)21(32)23(26)34)17-19(30)25(36)22(33)24(35)27(17)37/h4-11H,29-35H2,1-3H3. The van der Waals surface area contributed by atoms with Crippen LogP contribution in [0.5, 0.6) is 0 Å². The van der Waals surface area contributed by atoms with Crippen molar-refractivity contribution in [3.63, 3.8) is 0 Å². The number of benzene rings is 4. The van der Waals surface area contributed by atoms with Gasteiger partial charge in [-0.15, -0.1) is 5.46 Å². The zero-order chi connectivity index (χ0) is 27.0. The molecule has 1 nitrogen and oxygen atoms in total. The second-order valence-corrected chi connectivity index (χ2v) is 12.6. The van der Waals surface area contributed by atoms with Crippen molar-refractivity contribution < 1.29 is 0 Å². The van der Waals surface area contributed by atoms with Gasteiger partial charge in [-0.05, 0) is 39.6 Å². The summed E-state index contributed by atoms with van der Waals surface area (Å²) in [6, 6.07) is 18.2. The first-order valence-electron chi connectivity index (χ1n) is 13.3. The molecule has 0 atom stereocenters. The molecule has 176 valence electrons. The highest BCUT2D eigenvalue weighted by molar-refractivity contribution is 9.10. The third-order valence-electron chi connectivity index (χ3n) is 8.75. The first-order valence-corrected chi connectivity index (χ1v) is 14.0. The number of nitrogens with zero attached hydrogens (tertiary/aromatic N) is 1. The fourth-order valence-electron chi connectivity index (χ4n) is 5.90. The summed E-state index contributed by atoms with van der Waals surface area (Å²) in [6.45, 7) is 6.79. The Morgan fingerprint density at radius 1 is 0.541 bits per heavy atom. The molecule has 0 bridgehead atoms. The molecule has 1 aromatic heterocycles. The first kappa shape index (κ1) is 26.2. The lowest BCUT2D eigenvalue weighted by Gasteiger charge is -2.19. The second kappa shape index (κ2) is 9.12. The van der Waals surface area contributed by atoms with Crippen LogP contribution in [0.2, 0.25) is 0 Å². The second-order valence-electron chi connectivity index (χ2n) is 11.8. The molecule has 0 spiro atoms. The van der Waals surface area contributed by atoms with E-state index in [0.717, 1.165) is 0 Å². The van der Waals surface area contributed by atoms with Crippen LogP contribution in [-0.4, -0.2) is 59.5 Å². The van der Waals surface area contributed by atoms with Crippen molar-refractivity contribution in [2.45, 2.75) is 26.2 Å². The van der Waals surface area contributed by atoms with Crippen LogP contribution in [0.15, 0.2) is 53.0 Å². The maximum atomic E-state index is 3.92. The van der Waals surface area contributed by atoms with E-state index in [0.29, 0.717) is 0 Å². The van der Waals surface area contributed by atoms with E-state index in [1.807, 2.05) is 0 Å². The fraction of sp³-hybridized carbons (Fsp3) is 0.143. The van der Waals surface area contributed by atoms with E-state index in [9.17, 15) is 0 Å². The van der Waals surface area contributed by atoms with Crippen LogP contribution >= 0.6 is 15.9 Å². The molecule has 5 aromatic rings. The van der Waals surface area contributed by atoms with Crippen LogP contribution in [0.1, 0.15) is 26.3 Å². The van der Waals surface area contributed by atoms with Crippen LogP contribution in [-0.2, 0) is 5.41 Å². The summed E-state index contributed by atoms with van der Waals surface area (Å²) in [5, 5.41) is 2.76. The van der Waals surface area contributed by atoms with Gasteiger partial charge in [-0.1, -0.05) is 106 Å². The fourth-order valence-corrected chi connectivity index (χ4v) is 6.39. The van der Waals surface area contributed by atoms with Gasteiger partial charge in [0.15, 0.2) is 0 Å². The SMILES string of the molecule is Bc1c(B)c(B)c2c(c1B)c1c(B)c(Br)c(B)c(B)c1n2-c1ccc(-c2ccc(C(C)(C)C)cc2)cc1. The predicted octanol–water partition coefficient (Wildman–Crippen LogP) is -3.68. The van der Waals surface area contributed by atoms with Crippen molar-refractivity contribution in [2.75, 3.05) is 0 Å². The Morgan fingerprint density at radius 3 is 1.49 bits per heavy atom. The molecule has 0 saturated heterocycles. The van der Waals surface area contributed by atoms with E-state index in [2.05, 4.69) is 145 Å². The van der Waals surface area contributed by atoms with Crippen molar-refractivity contribution in [1.82, 2.24) is 4.57 Å². The number of aromatic nitrogens is 1. The van der Waals surface area contributed by atoms with Gasteiger partial charge in [-0.25, -0.2) is 0 Å². The predicted molar refractivity (Wildman–Crippen MR) is 190 cm³/mol. The highest BCUT2D eigenvalue weighted by Gasteiger charge is 2.23. The largest absolute Gasteiger partial charge is 0.310 e. The molecule has 0 N–H and O–H groups in total. The van der Waals surface area contributed by atoms with Crippen molar-refractivity contribution in [3.8, 4) is 16.8 Å². The van der Waals surface area contributed by atoms with Crippen molar-refractivity contribution >= 4 is 131 Å². The van der Waals surface area contributed by atoms with Crippen LogP contribution in [0.3, 0.4) is 0 Å². The first-order chi connectivity index (χ1) is 17.3. The lowest BCUT2D eigenvalue weighted by molar-refractivity contribution is 0.590. The molecule has 0 aliphatic heterocycles. The Bertz CT molecular complexity index is 1640. The summed E-state index contributed by atoms with van der Waals surface area (Å²) in [6.07, 6.45) is 0. The Kier molecular flexibility index (Phi) is 6.47. The molecule has 0 amide bonds. The van der Waals surface area contributed by atoms with E-state index in [4.69, 9.17) is 0 Å². The summed E-state index contributed by atoms with van der Waals surface area (Å²) in [5.41, 5.74) is 17.4. The van der Waals surface area contributed by atoms with Gasteiger partial charge in [-0.3, -0.25) is 0 Å². The highest BCUT2D eigenvalue weighted by Crippen LogP contribution is 2.30. The van der Waals surface area contributed by atoms with E-state index in [1.165, 1.54) is 86.9 Å². The molecular formula is C28H31B7BrN. The Balaban J connectivity index is 1.80. The molecule has 4 aromatic carbocycles. The summed E-state index contributed by atoms with van der Waals surface area (Å²) in [4.78, 5) is 0. The maximum Gasteiger partial charge on any atom is 0.141 e. The number of fused-ring (bicyclic) bond motifs is 3. The quantitative estimate of drug-likeness (QED) is 0.205. The average Bonchev–Trinajstić information content (AvgIpc) is 3.24.